The van der Waals surface area contributed by atoms with Gasteiger partial charge in [0.05, 0.1) is 18.1 Å². The van der Waals surface area contributed by atoms with Gasteiger partial charge in [-0.2, -0.15) is 0 Å². The minimum absolute atomic E-state index is 0.0340. The lowest BCUT2D eigenvalue weighted by molar-refractivity contribution is -0.139. The van der Waals surface area contributed by atoms with Crippen molar-refractivity contribution in [3.8, 4) is 0 Å². The number of nitrogens with zero attached hydrogens (tertiary/aromatic N) is 2. The van der Waals surface area contributed by atoms with Crippen molar-refractivity contribution >= 4 is 30.4 Å². The van der Waals surface area contributed by atoms with Gasteiger partial charge in [0, 0.05) is 37.6 Å². The Hall–Kier alpha value is -2.77. The van der Waals surface area contributed by atoms with E-state index < -0.39 is 13.6 Å². The zero-order valence-electron chi connectivity index (χ0n) is 21.1. The van der Waals surface area contributed by atoms with E-state index in [9.17, 15) is 29.0 Å². The number of carbonyl (C=O) groups is 2. The first-order valence-corrected chi connectivity index (χ1v) is 14.6. The number of hydrogen-bond acceptors (Lipinski definition) is 4. The molecule has 1 aliphatic rings. The molecule has 8 nitrogen and oxygen atoms in total. The first-order valence-electron chi connectivity index (χ1n) is 12.8. The Bertz CT molecular complexity index is 1290. The highest BCUT2D eigenvalue weighted by Crippen LogP contribution is 2.39. The molecular weight excluding hydrogens is 491 g/mol. The molecule has 37 heavy (non-hydrogen) atoms. The summed E-state index contributed by atoms with van der Waals surface area (Å²) < 4.78 is 13.0. The number of fused-ring (bicyclic) bond motifs is 1. The molecule has 0 radical (unpaired) electrons. The second-order valence-electron chi connectivity index (χ2n) is 10.2. The van der Waals surface area contributed by atoms with Crippen LogP contribution in [0.5, 0.6) is 0 Å². The highest BCUT2D eigenvalue weighted by atomic mass is 31.2. The van der Waals surface area contributed by atoms with E-state index in [2.05, 4.69) is 4.90 Å². The third-order valence-corrected chi connectivity index (χ3v) is 8.13. The van der Waals surface area contributed by atoms with Gasteiger partial charge >= 0.3 is 13.6 Å². The van der Waals surface area contributed by atoms with Crippen molar-refractivity contribution < 1.29 is 29.0 Å². The molecule has 1 atom stereocenters. The first kappa shape index (κ1) is 27.3. The van der Waals surface area contributed by atoms with Crippen LogP contribution in [0.25, 0.3) is 10.9 Å². The summed E-state index contributed by atoms with van der Waals surface area (Å²) in [4.78, 5) is 45.1. The van der Waals surface area contributed by atoms with E-state index >= 15 is 0 Å². The van der Waals surface area contributed by atoms with Crippen LogP contribution < -0.4 is 0 Å². The number of benzene rings is 2. The van der Waals surface area contributed by atoms with E-state index in [1.807, 2.05) is 42.6 Å². The van der Waals surface area contributed by atoms with E-state index in [1.54, 1.807) is 16.7 Å². The molecular formula is C28H35N2O6P. The summed E-state index contributed by atoms with van der Waals surface area (Å²) >= 11 is 0. The largest absolute Gasteiger partial charge is 0.481 e. The maximum absolute atomic E-state index is 12.3. The number of rotatable bonds is 10. The summed E-state index contributed by atoms with van der Waals surface area (Å²) in [6, 6.07) is 14.7. The number of carbonyl (C=O) groups excluding carboxylic acids is 1. The molecule has 1 aliphatic carbocycles. The van der Waals surface area contributed by atoms with Crippen molar-refractivity contribution in [1.29, 1.82) is 0 Å². The molecule has 0 amide bonds. The molecule has 3 aromatic rings. The highest BCUT2D eigenvalue weighted by Gasteiger charge is 2.31. The molecule has 9 heteroatoms. The van der Waals surface area contributed by atoms with Crippen molar-refractivity contribution in [3.05, 3.63) is 71.4 Å². The lowest BCUT2D eigenvalue weighted by atomic mass is 9.81. The van der Waals surface area contributed by atoms with Crippen LogP contribution in [0.1, 0.15) is 66.9 Å². The smallest absolute Gasteiger partial charge is 0.329 e. The van der Waals surface area contributed by atoms with Crippen LogP contribution >= 0.6 is 7.60 Å². The van der Waals surface area contributed by atoms with Gasteiger partial charge in [-0.05, 0) is 41.5 Å². The summed E-state index contributed by atoms with van der Waals surface area (Å²) in [5.41, 5.74) is 3.30. The molecule has 2 aromatic carbocycles. The fraction of sp³-hybridized carbons (Fsp3) is 0.429. The monoisotopic (exact) mass is 526 g/mol. The third kappa shape index (κ3) is 7.17. The van der Waals surface area contributed by atoms with E-state index in [4.69, 9.17) is 0 Å². The van der Waals surface area contributed by atoms with Crippen molar-refractivity contribution in [2.75, 3.05) is 0 Å². The zero-order valence-corrected chi connectivity index (χ0v) is 22.0. The number of aliphatic carboxylic acids is 1. The quantitative estimate of drug-likeness (QED) is 0.302. The third-order valence-electron chi connectivity index (χ3n) is 7.35. The fourth-order valence-corrected chi connectivity index (χ4v) is 6.35. The Balaban J connectivity index is 1.70. The normalized spacial score (nSPS) is 15.8. The van der Waals surface area contributed by atoms with E-state index in [1.165, 1.54) is 13.3 Å². The Morgan fingerprint density at radius 2 is 1.65 bits per heavy atom. The predicted molar refractivity (Wildman–Crippen MR) is 142 cm³/mol. The van der Waals surface area contributed by atoms with E-state index in [0.29, 0.717) is 18.7 Å². The minimum atomic E-state index is -4.16. The number of hydrogen-bond donors (Lipinski definition) is 3. The van der Waals surface area contributed by atoms with Crippen LogP contribution in [0.3, 0.4) is 0 Å². The van der Waals surface area contributed by atoms with Gasteiger partial charge in [0.15, 0.2) is 0 Å². The first-order chi connectivity index (χ1) is 17.6. The predicted octanol–water partition coefficient (Wildman–Crippen LogP) is 5.40. The summed E-state index contributed by atoms with van der Waals surface area (Å²) in [6.45, 7) is 2.51. The molecule has 1 aromatic heterocycles. The minimum Gasteiger partial charge on any atom is -0.481 e. The van der Waals surface area contributed by atoms with Gasteiger partial charge in [0.2, 0.25) is 5.91 Å². The Morgan fingerprint density at radius 1 is 1.00 bits per heavy atom. The second-order valence-corrected chi connectivity index (χ2v) is 11.8. The average molecular weight is 527 g/mol. The maximum Gasteiger partial charge on any atom is 0.329 e. The van der Waals surface area contributed by atoms with Gasteiger partial charge < -0.3 is 14.9 Å². The van der Waals surface area contributed by atoms with Crippen LogP contribution in [0.2, 0.25) is 0 Å². The average Bonchev–Trinajstić information content (AvgIpc) is 3.22. The zero-order chi connectivity index (χ0) is 26.6. The number of para-hydroxylation sites is 1. The molecule has 0 saturated heterocycles. The second kappa shape index (κ2) is 11.7. The standard InChI is InChI=1S/C28H35N2O6P/c1-20(31)30-18-24(25-9-5-6-10-26(25)30)17-29(27(15-28(32)33)23-7-3-2-4-8-23)16-21-11-13-22(14-12-21)19-37(34,35)36/h5-6,9-14,18,23,27H,2-4,7-8,15-17,19H2,1H3,(H,32,33)(H2,34,35,36). The molecule has 1 unspecified atom stereocenters. The van der Waals surface area contributed by atoms with Gasteiger partial charge in [-0.3, -0.25) is 23.6 Å². The van der Waals surface area contributed by atoms with E-state index in [0.717, 1.165) is 47.7 Å². The summed E-state index contributed by atoms with van der Waals surface area (Å²) in [6.07, 6.45) is 6.92. The maximum atomic E-state index is 12.3. The van der Waals surface area contributed by atoms with Crippen LogP contribution in [-0.4, -0.2) is 42.3 Å². The summed E-state index contributed by atoms with van der Waals surface area (Å²) in [7, 11) is -4.16. The topological polar surface area (TPSA) is 120 Å². The molecule has 1 saturated carbocycles. The fourth-order valence-electron chi connectivity index (χ4n) is 5.66. The molecule has 198 valence electrons. The lowest BCUT2D eigenvalue weighted by Gasteiger charge is -2.38. The van der Waals surface area contributed by atoms with Gasteiger partial charge in [-0.15, -0.1) is 0 Å². The van der Waals surface area contributed by atoms with Gasteiger partial charge in [-0.25, -0.2) is 0 Å². The van der Waals surface area contributed by atoms with Gasteiger partial charge in [0.1, 0.15) is 0 Å². The summed E-state index contributed by atoms with van der Waals surface area (Å²) in [5, 5.41) is 10.8. The number of carboxylic acid groups (broad SMARTS) is 1. The molecule has 3 N–H and O–H groups in total. The van der Waals surface area contributed by atoms with Crippen molar-refractivity contribution in [2.45, 2.75) is 70.7 Å². The SMILES string of the molecule is CC(=O)n1cc(CN(Cc2ccc(CP(=O)(O)O)cc2)C(CC(=O)O)C2CCCCC2)c2ccccc21. The summed E-state index contributed by atoms with van der Waals surface area (Å²) in [5.74, 6) is -0.646. The van der Waals surface area contributed by atoms with Crippen LogP contribution in [0.4, 0.5) is 0 Å². The van der Waals surface area contributed by atoms with Crippen LogP contribution in [-0.2, 0) is 28.6 Å². The Kier molecular flexibility index (Phi) is 8.65. The Morgan fingerprint density at radius 3 is 2.27 bits per heavy atom. The molecule has 0 bridgehead atoms. The molecule has 4 rings (SSSR count). The van der Waals surface area contributed by atoms with Gasteiger partial charge in [-0.1, -0.05) is 61.7 Å². The van der Waals surface area contributed by atoms with Crippen LogP contribution in [0, 0.1) is 5.92 Å². The van der Waals surface area contributed by atoms with E-state index in [-0.39, 0.29) is 30.4 Å². The number of carboxylic acids is 1. The number of aromatic nitrogens is 1. The molecule has 0 aliphatic heterocycles. The van der Waals surface area contributed by atoms with Gasteiger partial charge in [0.25, 0.3) is 0 Å². The van der Waals surface area contributed by atoms with Crippen molar-refractivity contribution in [2.24, 2.45) is 5.92 Å². The van der Waals surface area contributed by atoms with Crippen molar-refractivity contribution in [3.63, 3.8) is 0 Å². The van der Waals surface area contributed by atoms with Crippen molar-refractivity contribution in [1.82, 2.24) is 9.47 Å². The van der Waals surface area contributed by atoms with Crippen LogP contribution in [0.15, 0.2) is 54.7 Å². The highest BCUT2D eigenvalue weighted by molar-refractivity contribution is 7.50. The molecule has 1 heterocycles. The lowest BCUT2D eigenvalue weighted by Crippen LogP contribution is -2.42. The Labute approximate surface area is 217 Å². The molecule has 0 spiro atoms. The molecule has 1 fully saturated rings.